The summed E-state index contributed by atoms with van der Waals surface area (Å²) in [6.07, 6.45) is 0.458. The predicted molar refractivity (Wildman–Crippen MR) is 55.5 cm³/mol. The number of hydrogen-bond acceptors (Lipinski definition) is 4. The van der Waals surface area contributed by atoms with Crippen molar-refractivity contribution in [2.45, 2.75) is 12.8 Å². The number of nitrogens with zero attached hydrogens (tertiary/aromatic N) is 1. The highest BCUT2D eigenvalue weighted by Gasteiger charge is 2.04. The average molecular weight is 225 g/mol. The zero-order valence-corrected chi connectivity index (χ0v) is 8.46. The fourth-order valence-corrected chi connectivity index (χ4v) is 1.08. The molecule has 0 aliphatic rings. The topological polar surface area (TPSA) is 89.7 Å². The first kappa shape index (κ1) is 12.0. The van der Waals surface area contributed by atoms with E-state index in [1.165, 1.54) is 24.3 Å². The van der Waals surface area contributed by atoms with E-state index in [0.29, 0.717) is 12.2 Å². The largest absolute Gasteiger partial charge is 0.494 e. The van der Waals surface area contributed by atoms with Gasteiger partial charge in [0.1, 0.15) is 5.75 Å². The summed E-state index contributed by atoms with van der Waals surface area (Å²) in [7, 11) is 0. The van der Waals surface area contributed by atoms with Gasteiger partial charge < -0.3 is 9.84 Å². The number of non-ortho nitro benzene ring substituents is 1. The maximum Gasteiger partial charge on any atom is 0.303 e. The van der Waals surface area contributed by atoms with Crippen LogP contribution in [0.1, 0.15) is 12.8 Å². The van der Waals surface area contributed by atoms with Gasteiger partial charge in [0.15, 0.2) is 0 Å². The lowest BCUT2D eigenvalue weighted by molar-refractivity contribution is -0.384. The highest BCUT2D eigenvalue weighted by Crippen LogP contribution is 2.17. The first-order chi connectivity index (χ1) is 7.59. The van der Waals surface area contributed by atoms with Crippen LogP contribution in [-0.4, -0.2) is 22.6 Å². The van der Waals surface area contributed by atoms with Crippen molar-refractivity contribution in [3.8, 4) is 5.75 Å². The highest BCUT2D eigenvalue weighted by molar-refractivity contribution is 5.66. The zero-order valence-electron chi connectivity index (χ0n) is 8.46. The van der Waals surface area contributed by atoms with Gasteiger partial charge in [0, 0.05) is 18.6 Å². The Hall–Kier alpha value is -2.11. The molecule has 6 heteroatoms. The minimum absolute atomic E-state index is 0.00196. The Morgan fingerprint density at radius 3 is 2.50 bits per heavy atom. The molecule has 0 spiro atoms. The molecule has 0 saturated carbocycles. The molecule has 0 aliphatic carbocycles. The monoisotopic (exact) mass is 225 g/mol. The van der Waals surface area contributed by atoms with Crippen molar-refractivity contribution in [1.82, 2.24) is 0 Å². The molecular formula is C10H11NO5. The van der Waals surface area contributed by atoms with Crippen molar-refractivity contribution in [2.24, 2.45) is 0 Å². The number of carbonyl (C=O) groups is 1. The Morgan fingerprint density at radius 2 is 2.00 bits per heavy atom. The SMILES string of the molecule is O=C(O)CCCOc1ccc([N+](=O)[O-])cc1. The van der Waals surface area contributed by atoms with E-state index in [1.54, 1.807) is 0 Å². The molecule has 0 fully saturated rings. The van der Waals surface area contributed by atoms with E-state index >= 15 is 0 Å². The lowest BCUT2D eigenvalue weighted by Gasteiger charge is -2.04. The lowest BCUT2D eigenvalue weighted by Crippen LogP contribution is -2.02. The summed E-state index contributed by atoms with van der Waals surface area (Å²) in [5.74, 6) is -0.372. The molecule has 1 N–H and O–H groups in total. The number of hydrogen-bond donors (Lipinski definition) is 1. The normalized spacial score (nSPS) is 9.75. The summed E-state index contributed by atoms with van der Waals surface area (Å²) in [6, 6.07) is 5.65. The molecule has 0 amide bonds. The van der Waals surface area contributed by atoms with Crippen molar-refractivity contribution in [2.75, 3.05) is 6.61 Å². The molecular weight excluding hydrogens is 214 g/mol. The van der Waals surface area contributed by atoms with Crippen LogP contribution in [-0.2, 0) is 4.79 Å². The van der Waals surface area contributed by atoms with E-state index in [-0.39, 0.29) is 18.7 Å². The van der Waals surface area contributed by atoms with Crippen molar-refractivity contribution in [3.63, 3.8) is 0 Å². The third-order valence-corrected chi connectivity index (χ3v) is 1.85. The molecule has 0 saturated heterocycles. The number of carboxylic acid groups (broad SMARTS) is 1. The van der Waals surface area contributed by atoms with Gasteiger partial charge in [-0.25, -0.2) is 0 Å². The van der Waals surface area contributed by atoms with Crippen LogP contribution >= 0.6 is 0 Å². The molecule has 0 radical (unpaired) electrons. The summed E-state index contributed by atoms with van der Waals surface area (Å²) in [4.78, 5) is 20.1. The molecule has 0 aliphatic heterocycles. The fraction of sp³-hybridized carbons (Fsp3) is 0.300. The zero-order chi connectivity index (χ0) is 12.0. The minimum Gasteiger partial charge on any atom is -0.494 e. The van der Waals surface area contributed by atoms with Crippen molar-refractivity contribution in [1.29, 1.82) is 0 Å². The number of rotatable bonds is 6. The lowest BCUT2D eigenvalue weighted by atomic mass is 10.3. The third-order valence-electron chi connectivity index (χ3n) is 1.85. The Kier molecular flexibility index (Phi) is 4.26. The van der Waals surface area contributed by atoms with E-state index < -0.39 is 10.9 Å². The summed E-state index contributed by atoms with van der Waals surface area (Å²) in [5.41, 5.74) is -0.00196. The van der Waals surface area contributed by atoms with Crippen LogP contribution in [0, 0.1) is 10.1 Å². The van der Waals surface area contributed by atoms with Crippen LogP contribution in [0.4, 0.5) is 5.69 Å². The standard InChI is InChI=1S/C10H11NO5/c12-10(13)2-1-7-16-9-5-3-8(4-6-9)11(14)15/h3-6H,1-2,7H2,(H,12,13). The number of benzene rings is 1. The molecule has 0 unspecified atom stereocenters. The summed E-state index contributed by atoms with van der Waals surface area (Å²) < 4.78 is 5.21. The Morgan fingerprint density at radius 1 is 1.38 bits per heavy atom. The molecule has 0 bridgehead atoms. The van der Waals surface area contributed by atoms with Crippen LogP contribution in [0.5, 0.6) is 5.75 Å². The number of nitro benzene ring substituents is 1. The summed E-state index contributed by atoms with van der Waals surface area (Å²) in [5, 5.41) is 18.7. The van der Waals surface area contributed by atoms with Gasteiger partial charge in [-0.05, 0) is 18.6 Å². The Labute approximate surface area is 91.6 Å². The Balaban J connectivity index is 2.38. The Bertz CT molecular complexity index is 373. The molecule has 6 nitrogen and oxygen atoms in total. The molecule has 1 aromatic carbocycles. The number of ether oxygens (including phenoxy) is 1. The van der Waals surface area contributed by atoms with E-state index in [1.807, 2.05) is 0 Å². The van der Waals surface area contributed by atoms with Crippen molar-refractivity contribution in [3.05, 3.63) is 34.4 Å². The second-order valence-electron chi connectivity index (χ2n) is 3.10. The van der Waals surface area contributed by atoms with Crippen LogP contribution in [0.25, 0.3) is 0 Å². The van der Waals surface area contributed by atoms with E-state index in [0.717, 1.165) is 0 Å². The first-order valence-electron chi connectivity index (χ1n) is 4.68. The van der Waals surface area contributed by atoms with Gasteiger partial charge in [0.05, 0.1) is 11.5 Å². The number of aliphatic carboxylic acids is 1. The maximum absolute atomic E-state index is 10.3. The summed E-state index contributed by atoms with van der Waals surface area (Å²) in [6.45, 7) is 0.282. The maximum atomic E-state index is 10.3. The van der Waals surface area contributed by atoms with Gasteiger partial charge in [-0.3, -0.25) is 14.9 Å². The molecule has 0 aromatic heterocycles. The van der Waals surface area contributed by atoms with E-state index in [2.05, 4.69) is 0 Å². The van der Waals surface area contributed by atoms with Gasteiger partial charge in [-0.15, -0.1) is 0 Å². The van der Waals surface area contributed by atoms with E-state index in [4.69, 9.17) is 9.84 Å². The smallest absolute Gasteiger partial charge is 0.303 e. The van der Waals surface area contributed by atoms with Crippen LogP contribution in [0.3, 0.4) is 0 Å². The quantitative estimate of drug-likeness (QED) is 0.453. The second-order valence-corrected chi connectivity index (χ2v) is 3.10. The molecule has 1 aromatic rings. The predicted octanol–water partition coefficient (Wildman–Crippen LogP) is 1.84. The molecule has 16 heavy (non-hydrogen) atoms. The third kappa shape index (κ3) is 3.95. The van der Waals surface area contributed by atoms with Crippen molar-refractivity contribution >= 4 is 11.7 Å². The van der Waals surface area contributed by atoms with Gasteiger partial charge in [0.2, 0.25) is 0 Å². The first-order valence-corrected chi connectivity index (χ1v) is 4.68. The average Bonchev–Trinajstić information content (AvgIpc) is 2.25. The van der Waals surface area contributed by atoms with Crippen molar-refractivity contribution < 1.29 is 19.6 Å². The van der Waals surface area contributed by atoms with Crippen LogP contribution in [0.15, 0.2) is 24.3 Å². The number of nitro groups is 1. The van der Waals surface area contributed by atoms with Crippen LogP contribution < -0.4 is 4.74 Å². The number of carboxylic acids is 1. The van der Waals surface area contributed by atoms with Gasteiger partial charge in [-0.1, -0.05) is 0 Å². The molecule has 86 valence electrons. The molecule has 0 heterocycles. The van der Waals surface area contributed by atoms with Gasteiger partial charge >= 0.3 is 5.97 Å². The van der Waals surface area contributed by atoms with Gasteiger partial charge in [0.25, 0.3) is 5.69 Å². The molecule has 1 rings (SSSR count). The summed E-state index contributed by atoms with van der Waals surface area (Å²) >= 11 is 0. The molecule has 0 atom stereocenters. The van der Waals surface area contributed by atoms with Gasteiger partial charge in [-0.2, -0.15) is 0 Å². The fourth-order valence-electron chi connectivity index (χ4n) is 1.08. The highest BCUT2D eigenvalue weighted by atomic mass is 16.6. The van der Waals surface area contributed by atoms with Crippen LogP contribution in [0.2, 0.25) is 0 Å². The minimum atomic E-state index is -0.868. The second kappa shape index (κ2) is 5.69. The van der Waals surface area contributed by atoms with E-state index in [9.17, 15) is 14.9 Å².